The highest BCUT2D eigenvalue weighted by Crippen LogP contribution is 2.37. The summed E-state index contributed by atoms with van der Waals surface area (Å²) < 4.78 is 38.9. The zero-order valence-electron chi connectivity index (χ0n) is 18.0. The first-order chi connectivity index (χ1) is 15.7. The highest BCUT2D eigenvalue weighted by Gasteiger charge is 2.43. The highest BCUT2D eigenvalue weighted by molar-refractivity contribution is 7.89. The van der Waals surface area contributed by atoms with Gasteiger partial charge in [-0.15, -0.1) is 0 Å². The standard InChI is InChI=1S/C22H24FN5O4S/c1-33(31,32)12-27-20-10-19(22(30)28-15-5-6-16(28)9-17(29)8-15)24-11-18(20)21(26-27)25-14-4-2-3-13(23)7-14/h2-4,7,10-11,15-17,29H,5-6,8-9,12H2,1H3,(H,25,26). The van der Waals surface area contributed by atoms with Gasteiger partial charge in [-0.3, -0.25) is 9.78 Å². The number of amides is 1. The number of carbonyl (C=O) groups is 1. The summed E-state index contributed by atoms with van der Waals surface area (Å²) in [4.78, 5) is 19.5. The maximum Gasteiger partial charge on any atom is 0.273 e. The number of rotatable bonds is 5. The van der Waals surface area contributed by atoms with Crippen molar-refractivity contribution in [3.8, 4) is 0 Å². The molecular formula is C22H24FN5O4S. The number of fused-ring (bicyclic) bond motifs is 3. The van der Waals surface area contributed by atoms with Crippen molar-refractivity contribution >= 4 is 38.2 Å². The van der Waals surface area contributed by atoms with Crippen LogP contribution in [0.4, 0.5) is 15.9 Å². The van der Waals surface area contributed by atoms with E-state index in [4.69, 9.17) is 0 Å². The fraction of sp³-hybridized carbons (Fsp3) is 0.409. The number of hydrogen-bond donors (Lipinski definition) is 2. The lowest BCUT2D eigenvalue weighted by atomic mass is 9.99. The van der Waals surface area contributed by atoms with Crippen LogP contribution in [-0.4, -0.2) is 63.5 Å². The Morgan fingerprint density at radius 3 is 2.64 bits per heavy atom. The van der Waals surface area contributed by atoms with Crippen molar-refractivity contribution < 1.29 is 22.7 Å². The fourth-order valence-corrected chi connectivity index (χ4v) is 5.56. The molecule has 2 fully saturated rings. The minimum absolute atomic E-state index is 0.0186. The summed E-state index contributed by atoms with van der Waals surface area (Å²) in [5.74, 6) is -0.727. The van der Waals surface area contributed by atoms with Gasteiger partial charge < -0.3 is 15.3 Å². The number of piperidine rings is 1. The molecule has 4 heterocycles. The Hall–Kier alpha value is -3.05. The first-order valence-electron chi connectivity index (χ1n) is 10.8. The number of benzene rings is 1. The Morgan fingerprint density at radius 2 is 1.97 bits per heavy atom. The Labute approximate surface area is 190 Å². The largest absolute Gasteiger partial charge is 0.393 e. The van der Waals surface area contributed by atoms with E-state index in [1.54, 1.807) is 18.2 Å². The van der Waals surface area contributed by atoms with Crippen molar-refractivity contribution in [1.82, 2.24) is 19.7 Å². The minimum Gasteiger partial charge on any atom is -0.393 e. The van der Waals surface area contributed by atoms with E-state index in [0.29, 0.717) is 35.2 Å². The molecule has 2 saturated heterocycles. The summed E-state index contributed by atoms with van der Waals surface area (Å²) in [5, 5.41) is 17.9. The number of sulfone groups is 1. The molecule has 1 amide bonds. The van der Waals surface area contributed by atoms with Crippen molar-refractivity contribution in [2.24, 2.45) is 0 Å². The molecule has 2 N–H and O–H groups in total. The summed E-state index contributed by atoms with van der Waals surface area (Å²) in [6.45, 7) is 0. The normalized spacial score (nSPS) is 22.6. The number of halogens is 1. The number of anilines is 2. The molecule has 2 aliphatic heterocycles. The lowest BCUT2D eigenvalue weighted by molar-refractivity contribution is 0.0282. The van der Waals surface area contributed by atoms with E-state index >= 15 is 0 Å². The van der Waals surface area contributed by atoms with Gasteiger partial charge in [0.1, 0.15) is 17.4 Å². The van der Waals surface area contributed by atoms with Crippen LogP contribution in [0.15, 0.2) is 36.5 Å². The number of aliphatic hydroxyl groups excluding tert-OH is 1. The van der Waals surface area contributed by atoms with Crippen molar-refractivity contribution in [2.75, 3.05) is 11.6 Å². The van der Waals surface area contributed by atoms with Crippen LogP contribution >= 0.6 is 0 Å². The van der Waals surface area contributed by atoms with Crippen LogP contribution in [0.5, 0.6) is 0 Å². The van der Waals surface area contributed by atoms with Gasteiger partial charge >= 0.3 is 0 Å². The molecule has 0 spiro atoms. The Morgan fingerprint density at radius 1 is 1.24 bits per heavy atom. The molecular weight excluding hydrogens is 449 g/mol. The predicted octanol–water partition coefficient (Wildman–Crippen LogP) is 2.44. The molecule has 0 aliphatic carbocycles. The fourth-order valence-electron chi connectivity index (χ4n) is 4.91. The van der Waals surface area contributed by atoms with Crippen molar-refractivity contribution in [3.63, 3.8) is 0 Å². The average molecular weight is 474 g/mol. The third-order valence-electron chi connectivity index (χ3n) is 6.24. The molecule has 5 rings (SSSR count). The zero-order chi connectivity index (χ0) is 23.3. The molecule has 9 nitrogen and oxygen atoms in total. The average Bonchev–Trinajstić information content (AvgIpc) is 3.20. The van der Waals surface area contributed by atoms with Crippen molar-refractivity contribution in [3.05, 3.63) is 48.0 Å². The second-order valence-electron chi connectivity index (χ2n) is 8.85. The Balaban J connectivity index is 1.53. The van der Waals surface area contributed by atoms with Crippen LogP contribution in [0.25, 0.3) is 10.9 Å². The predicted molar refractivity (Wildman–Crippen MR) is 120 cm³/mol. The van der Waals surface area contributed by atoms with Crippen LogP contribution < -0.4 is 5.32 Å². The van der Waals surface area contributed by atoms with E-state index in [1.165, 1.54) is 23.0 Å². The maximum atomic E-state index is 13.6. The van der Waals surface area contributed by atoms with Gasteiger partial charge in [-0.05, 0) is 49.9 Å². The Bertz CT molecular complexity index is 1330. The number of nitrogens with one attached hydrogen (secondary N) is 1. The molecule has 0 saturated carbocycles. The second-order valence-corrected chi connectivity index (χ2v) is 11.0. The highest BCUT2D eigenvalue weighted by atomic mass is 32.2. The van der Waals surface area contributed by atoms with Gasteiger partial charge in [-0.25, -0.2) is 17.5 Å². The summed E-state index contributed by atoms with van der Waals surface area (Å²) in [6.07, 6.45) is 5.00. The molecule has 2 unspecified atom stereocenters. The lowest BCUT2D eigenvalue weighted by Crippen LogP contribution is -2.48. The van der Waals surface area contributed by atoms with E-state index in [1.807, 2.05) is 4.90 Å². The number of pyridine rings is 1. The molecule has 3 aromatic rings. The first kappa shape index (κ1) is 21.8. The van der Waals surface area contributed by atoms with Crippen LogP contribution in [0.1, 0.15) is 36.2 Å². The number of nitrogens with zero attached hydrogens (tertiary/aromatic N) is 4. The van der Waals surface area contributed by atoms with E-state index in [9.17, 15) is 22.7 Å². The van der Waals surface area contributed by atoms with Gasteiger partial charge in [-0.2, -0.15) is 5.10 Å². The SMILES string of the molecule is CS(=O)(=O)Cn1nc(Nc2cccc(F)c2)c2cnc(C(=O)N3C4CCC3CC(O)C4)cc21. The van der Waals surface area contributed by atoms with Crippen LogP contribution in [-0.2, 0) is 15.7 Å². The monoisotopic (exact) mass is 473 g/mol. The van der Waals surface area contributed by atoms with Crippen LogP contribution in [0.2, 0.25) is 0 Å². The molecule has 1 aromatic carbocycles. The van der Waals surface area contributed by atoms with Gasteiger partial charge in [-0.1, -0.05) is 6.07 Å². The molecule has 2 atom stereocenters. The lowest BCUT2D eigenvalue weighted by Gasteiger charge is -2.37. The number of carbonyl (C=O) groups excluding carboxylic acids is 1. The third-order valence-corrected chi connectivity index (χ3v) is 6.96. The minimum atomic E-state index is -3.43. The number of aromatic nitrogens is 3. The third kappa shape index (κ3) is 4.30. The van der Waals surface area contributed by atoms with Gasteiger partial charge in [0.25, 0.3) is 5.91 Å². The summed E-state index contributed by atoms with van der Waals surface area (Å²) >= 11 is 0. The number of hydrogen-bond acceptors (Lipinski definition) is 7. The summed E-state index contributed by atoms with van der Waals surface area (Å²) in [6, 6.07) is 7.34. The maximum absolute atomic E-state index is 13.6. The van der Waals surface area contributed by atoms with Crippen LogP contribution in [0.3, 0.4) is 0 Å². The molecule has 33 heavy (non-hydrogen) atoms. The van der Waals surface area contributed by atoms with E-state index in [0.717, 1.165) is 19.1 Å². The first-order valence-corrected chi connectivity index (χ1v) is 12.8. The van der Waals surface area contributed by atoms with E-state index < -0.39 is 21.8 Å². The van der Waals surface area contributed by atoms with Crippen molar-refractivity contribution in [2.45, 2.75) is 49.7 Å². The zero-order valence-corrected chi connectivity index (χ0v) is 18.8. The molecule has 2 bridgehead atoms. The molecule has 11 heteroatoms. The van der Waals surface area contributed by atoms with Gasteiger partial charge in [0.15, 0.2) is 15.7 Å². The van der Waals surface area contributed by atoms with Crippen LogP contribution in [0, 0.1) is 5.82 Å². The quantitative estimate of drug-likeness (QED) is 0.584. The topological polar surface area (TPSA) is 117 Å². The molecule has 2 aromatic heterocycles. The smallest absolute Gasteiger partial charge is 0.273 e. The van der Waals surface area contributed by atoms with Crippen molar-refractivity contribution in [1.29, 1.82) is 0 Å². The molecule has 174 valence electrons. The van der Waals surface area contributed by atoms with Gasteiger partial charge in [0, 0.05) is 30.2 Å². The van der Waals surface area contributed by atoms with E-state index in [2.05, 4.69) is 15.4 Å². The summed E-state index contributed by atoms with van der Waals surface area (Å²) in [5.41, 5.74) is 1.08. The molecule has 0 radical (unpaired) electrons. The van der Waals surface area contributed by atoms with Gasteiger partial charge in [0.2, 0.25) is 0 Å². The van der Waals surface area contributed by atoms with E-state index in [-0.39, 0.29) is 29.6 Å². The van der Waals surface area contributed by atoms with Gasteiger partial charge in [0.05, 0.1) is 17.0 Å². The summed E-state index contributed by atoms with van der Waals surface area (Å²) in [7, 11) is -3.43. The molecule has 2 aliphatic rings. The Kier molecular flexibility index (Phi) is 5.32. The second kappa shape index (κ2) is 8.07. The number of aliphatic hydroxyl groups is 1.